The van der Waals surface area contributed by atoms with Gasteiger partial charge < -0.3 is 0 Å². The van der Waals surface area contributed by atoms with Crippen molar-refractivity contribution in [1.82, 2.24) is 4.98 Å². The van der Waals surface area contributed by atoms with E-state index < -0.39 is 0 Å². The molecule has 0 bridgehead atoms. The van der Waals surface area contributed by atoms with Crippen LogP contribution in [-0.2, 0) is 0 Å². The summed E-state index contributed by atoms with van der Waals surface area (Å²) in [7, 11) is 0. The molecule has 1 aromatic heterocycles. The van der Waals surface area contributed by atoms with E-state index in [1.54, 1.807) is 18.2 Å². The lowest BCUT2D eigenvalue weighted by molar-refractivity contribution is 0.625. The largest absolute Gasteiger partial charge is 0.240 e. The van der Waals surface area contributed by atoms with E-state index in [0.717, 1.165) is 10.6 Å². The molecule has 0 aliphatic rings. The molecule has 4 heteroatoms. The van der Waals surface area contributed by atoms with Crippen LogP contribution in [0.15, 0.2) is 24.3 Å². The van der Waals surface area contributed by atoms with Gasteiger partial charge in [-0.1, -0.05) is 18.2 Å². The van der Waals surface area contributed by atoms with Gasteiger partial charge in [0.2, 0.25) is 0 Å². The Balaban J connectivity index is 2.47. The Bertz CT molecular complexity index is 631. The van der Waals surface area contributed by atoms with Crippen LogP contribution in [0.25, 0.3) is 11.6 Å². The van der Waals surface area contributed by atoms with E-state index in [-0.39, 0.29) is 5.82 Å². The average molecular weight is 258 g/mol. The van der Waals surface area contributed by atoms with Crippen molar-refractivity contribution in [1.29, 1.82) is 5.26 Å². The van der Waals surface area contributed by atoms with E-state index in [0.29, 0.717) is 16.1 Å². The molecule has 2 rings (SSSR count). The van der Waals surface area contributed by atoms with E-state index in [4.69, 9.17) is 5.26 Å². The molecule has 0 aliphatic heterocycles. The molecule has 0 spiro atoms. The molecule has 0 unspecified atom stereocenters. The summed E-state index contributed by atoms with van der Waals surface area (Å²) < 4.78 is 13.5. The van der Waals surface area contributed by atoms with E-state index in [2.05, 4.69) is 11.1 Å². The third-order valence-electron chi connectivity index (χ3n) is 2.58. The smallest absolute Gasteiger partial charge is 0.134 e. The van der Waals surface area contributed by atoms with Gasteiger partial charge in [0.05, 0.1) is 11.3 Å². The maximum absolute atomic E-state index is 13.5. The lowest BCUT2D eigenvalue weighted by atomic mass is 10.1. The third-order valence-corrected chi connectivity index (χ3v) is 3.69. The Morgan fingerprint density at radius 1 is 1.39 bits per heavy atom. The number of allylic oxidation sites excluding steroid dienone is 1. The van der Waals surface area contributed by atoms with Gasteiger partial charge in [-0.05, 0) is 26.0 Å². The van der Waals surface area contributed by atoms with Crippen LogP contribution in [-0.4, -0.2) is 4.98 Å². The summed E-state index contributed by atoms with van der Waals surface area (Å²) in [6.07, 6.45) is 1.53. The zero-order valence-electron chi connectivity index (χ0n) is 10.1. The lowest BCUT2D eigenvalue weighted by Gasteiger charge is -1.97. The highest BCUT2D eigenvalue weighted by atomic mass is 32.1. The quantitative estimate of drug-likeness (QED) is 0.764. The monoisotopic (exact) mass is 258 g/mol. The minimum Gasteiger partial charge on any atom is -0.240 e. The fraction of sp³-hybridized carbons (Fsp3) is 0.143. The SMILES string of the molecule is Cc1nc(/C(C#N)=C/c2ccccc2F)sc1C. The molecule has 2 nitrogen and oxygen atoms in total. The first kappa shape index (κ1) is 12.5. The highest BCUT2D eigenvalue weighted by molar-refractivity contribution is 7.12. The summed E-state index contributed by atoms with van der Waals surface area (Å²) in [6, 6.07) is 8.45. The van der Waals surface area contributed by atoms with Crippen LogP contribution in [0.4, 0.5) is 4.39 Å². The van der Waals surface area contributed by atoms with E-state index in [1.165, 1.54) is 23.5 Å². The highest BCUT2D eigenvalue weighted by Crippen LogP contribution is 2.25. The predicted octanol–water partition coefficient (Wildman–Crippen LogP) is 3.96. The minimum atomic E-state index is -0.338. The topological polar surface area (TPSA) is 36.7 Å². The molecule has 1 aromatic carbocycles. The average Bonchev–Trinajstić information content (AvgIpc) is 2.68. The second-order valence-corrected chi connectivity index (χ2v) is 5.06. The summed E-state index contributed by atoms with van der Waals surface area (Å²) in [4.78, 5) is 5.38. The Morgan fingerprint density at radius 2 is 2.11 bits per heavy atom. The molecule has 0 fully saturated rings. The van der Waals surface area contributed by atoms with Crippen LogP contribution in [0, 0.1) is 31.0 Å². The lowest BCUT2D eigenvalue weighted by Crippen LogP contribution is -1.84. The first-order valence-corrected chi connectivity index (χ1v) is 6.24. The van der Waals surface area contributed by atoms with Gasteiger partial charge >= 0.3 is 0 Å². The van der Waals surface area contributed by atoms with Gasteiger partial charge in [-0.2, -0.15) is 5.26 Å². The van der Waals surface area contributed by atoms with Crippen molar-refractivity contribution >= 4 is 23.0 Å². The van der Waals surface area contributed by atoms with Crippen molar-refractivity contribution in [3.05, 3.63) is 51.2 Å². The normalized spacial score (nSPS) is 11.3. The van der Waals surface area contributed by atoms with Crippen molar-refractivity contribution < 1.29 is 4.39 Å². The maximum Gasteiger partial charge on any atom is 0.134 e. The number of nitriles is 1. The molecule has 0 atom stereocenters. The summed E-state index contributed by atoms with van der Waals surface area (Å²) in [5.74, 6) is -0.338. The van der Waals surface area contributed by atoms with E-state index in [1.807, 2.05) is 13.8 Å². The van der Waals surface area contributed by atoms with E-state index >= 15 is 0 Å². The summed E-state index contributed by atoms with van der Waals surface area (Å²) in [6.45, 7) is 3.85. The van der Waals surface area contributed by atoms with Crippen molar-refractivity contribution in [2.24, 2.45) is 0 Å². The van der Waals surface area contributed by atoms with Crippen molar-refractivity contribution in [3.63, 3.8) is 0 Å². The zero-order chi connectivity index (χ0) is 13.1. The Kier molecular flexibility index (Phi) is 3.54. The number of aromatic nitrogens is 1. The molecule has 90 valence electrons. The van der Waals surface area contributed by atoms with Gasteiger partial charge in [0.1, 0.15) is 16.9 Å². The number of benzene rings is 1. The van der Waals surface area contributed by atoms with Crippen molar-refractivity contribution in [3.8, 4) is 6.07 Å². The molecular formula is C14H11FN2S. The van der Waals surface area contributed by atoms with Crippen molar-refractivity contribution in [2.45, 2.75) is 13.8 Å². The molecule has 0 amide bonds. The molecular weight excluding hydrogens is 247 g/mol. The highest BCUT2D eigenvalue weighted by Gasteiger charge is 2.09. The molecule has 18 heavy (non-hydrogen) atoms. The summed E-state index contributed by atoms with van der Waals surface area (Å²) >= 11 is 1.45. The molecule has 1 heterocycles. The molecule has 0 aliphatic carbocycles. The Morgan fingerprint density at radius 3 is 2.67 bits per heavy atom. The van der Waals surface area contributed by atoms with Gasteiger partial charge in [-0.15, -0.1) is 11.3 Å². The standard InChI is InChI=1S/C14H11FN2S/c1-9-10(2)18-14(17-9)12(8-16)7-11-5-3-4-6-13(11)15/h3-7H,1-2H3/b12-7+. The number of thiazole rings is 1. The Hall–Kier alpha value is -1.99. The fourth-order valence-electron chi connectivity index (χ4n) is 1.48. The van der Waals surface area contributed by atoms with Crippen LogP contribution in [0.1, 0.15) is 21.1 Å². The van der Waals surface area contributed by atoms with Crippen LogP contribution in [0.3, 0.4) is 0 Å². The third kappa shape index (κ3) is 2.47. The van der Waals surface area contributed by atoms with Crippen LogP contribution in [0.2, 0.25) is 0 Å². The first-order chi connectivity index (χ1) is 8.61. The molecule has 0 saturated heterocycles. The number of nitrogens with zero attached hydrogens (tertiary/aromatic N) is 2. The van der Waals surface area contributed by atoms with Gasteiger partial charge in [-0.3, -0.25) is 0 Å². The van der Waals surface area contributed by atoms with E-state index in [9.17, 15) is 4.39 Å². The van der Waals surface area contributed by atoms with Gasteiger partial charge in [0.25, 0.3) is 0 Å². The number of aryl methyl sites for hydroxylation is 2. The van der Waals surface area contributed by atoms with Crippen LogP contribution >= 0.6 is 11.3 Å². The molecule has 0 N–H and O–H groups in total. The second kappa shape index (κ2) is 5.11. The fourth-order valence-corrected chi connectivity index (χ4v) is 2.36. The van der Waals surface area contributed by atoms with Gasteiger partial charge in [0, 0.05) is 10.4 Å². The maximum atomic E-state index is 13.5. The van der Waals surface area contributed by atoms with Crippen molar-refractivity contribution in [2.75, 3.05) is 0 Å². The zero-order valence-corrected chi connectivity index (χ0v) is 10.9. The first-order valence-electron chi connectivity index (χ1n) is 5.42. The summed E-state index contributed by atoms with van der Waals surface area (Å²) in [5, 5.41) is 9.79. The minimum absolute atomic E-state index is 0.338. The summed E-state index contributed by atoms with van der Waals surface area (Å²) in [5.41, 5.74) is 1.70. The number of hydrogen-bond acceptors (Lipinski definition) is 3. The Labute approximate surface area is 109 Å². The second-order valence-electron chi connectivity index (χ2n) is 3.85. The number of halogens is 1. The molecule has 0 radical (unpaired) electrons. The van der Waals surface area contributed by atoms with Gasteiger partial charge in [-0.25, -0.2) is 9.37 Å². The number of rotatable bonds is 2. The molecule has 2 aromatic rings. The van der Waals surface area contributed by atoms with Crippen LogP contribution < -0.4 is 0 Å². The van der Waals surface area contributed by atoms with Crippen LogP contribution in [0.5, 0.6) is 0 Å². The van der Waals surface area contributed by atoms with Gasteiger partial charge in [0.15, 0.2) is 0 Å². The number of hydrogen-bond donors (Lipinski definition) is 0. The predicted molar refractivity (Wildman–Crippen MR) is 71.5 cm³/mol. The molecule has 0 saturated carbocycles.